The van der Waals surface area contributed by atoms with Gasteiger partial charge in [-0.1, -0.05) is 37.6 Å². The van der Waals surface area contributed by atoms with Gasteiger partial charge in [-0.05, 0) is 32.3 Å². The quantitative estimate of drug-likeness (QED) is 0.553. The van der Waals surface area contributed by atoms with Crippen molar-refractivity contribution < 1.29 is 4.79 Å². The average molecular weight is 413 g/mol. The Morgan fingerprint density at radius 3 is 2.48 bits per heavy atom. The molecule has 3 N–H and O–H groups in total. The van der Waals surface area contributed by atoms with E-state index in [0.717, 1.165) is 29.0 Å². The Hall–Kier alpha value is -3.00. The minimum absolute atomic E-state index is 0.121. The number of amides is 1. The first-order valence-corrected chi connectivity index (χ1v) is 10.4. The Bertz CT molecular complexity index is 1130. The third-order valence-electron chi connectivity index (χ3n) is 4.67. The van der Waals surface area contributed by atoms with Crippen molar-refractivity contribution in [2.24, 2.45) is 0 Å². The molecule has 2 heterocycles. The Balaban J connectivity index is 1.66. The maximum Gasteiger partial charge on any atom is 0.325 e. The molecule has 3 rings (SSSR count). The molecule has 0 aliphatic rings. The molecule has 152 valence electrons. The number of hydrogen-bond acceptors (Lipinski definition) is 5. The van der Waals surface area contributed by atoms with Crippen LogP contribution in [0.2, 0.25) is 0 Å². The topological polar surface area (TPSA) is 108 Å². The normalized spacial score (nSPS) is 10.9. The van der Waals surface area contributed by atoms with E-state index in [9.17, 15) is 14.4 Å². The van der Waals surface area contributed by atoms with Crippen molar-refractivity contribution in [2.45, 2.75) is 46.5 Å². The van der Waals surface area contributed by atoms with Gasteiger partial charge in [0, 0.05) is 28.1 Å². The highest BCUT2D eigenvalue weighted by Crippen LogP contribution is 2.30. The largest absolute Gasteiger partial charge is 0.325 e. The van der Waals surface area contributed by atoms with Gasteiger partial charge in [0.05, 0.1) is 5.69 Å². The molecule has 0 unspecified atom stereocenters. The summed E-state index contributed by atoms with van der Waals surface area (Å²) >= 11 is 1.42. The molecule has 1 aromatic carbocycles. The molecule has 2 aromatic heterocycles. The molecule has 0 saturated carbocycles. The van der Waals surface area contributed by atoms with Crippen LogP contribution >= 0.6 is 11.3 Å². The van der Waals surface area contributed by atoms with Crippen molar-refractivity contribution in [3.63, 3.8) is 0 Å². The summed E-state index contributed by atoms with van der Waals surface area (Å²) < 4.78 is 0. The zero-order valence-electron chi connectivity index (χ0n) is 16.7. The lowest BCUT2D eigenvalue weighted by atomic mass is 10.1. The number of aryl methyl sites for hydroxylation is 3. The van der Waals surface area contributed by atoms with Crippen LogP contribution in [0, 0.1) is 13.8 Å². The fraction of sp³-hybridized carbons (Fsp3) is 0.333. The smallest absolute Gasteiger partial charge is 0.311 e. The van der Waals surface area contributed by atoms with Gasteiger partial charge in [0.15, 0.2) is 5.13 Å². The van der Waals surface area contributed by atoms with Gasteiger partial charge in [-0.15, -0.1) is 11.3 Å². The molecule has 7 nitrogen and oxygen atoms in total. The Kier molecular flexibility index (Phi) is 6.43. The van der Waals surface area contributed by atoms with Gasteiger partial charge >= 0.3 is 5.69 Å². The van der Waals surface area contributed by atoms with Crippen LogP contribution in [-0.4, -0.2) is 20.9 Å². The lowest BCUT2D eigenvalue weighted by molar-refractivity contribution is -0.116. The van der Waals surface area contributed by atoms with Crippen molar-refractivity contribution in [1.82, 2.24) is 15.0 Å². The predicted octanol–water partition coefficient (Wildman–Crippen LogP) is 3.33. The second-order valence-electron chi connectivity index (χ2n) is 6.93. The van der Waals surface area contributed by atoms with Crippen LogP contribution in [0.15, 0.2) is 33.9 Å². The Labute approximate surface area is 172 Å². The second kappa shape index (κ2) is 9.00. The van der Waals surface area contributed by atoms with E-state index in [4.69, 9.17) is 0 Å². The predicted molar refractivity (Wildman–Crippen MR) is 116 cm³/mol. The number of aromatic nitrogens is 3. The average Bonchev–Trinajstić information content (AvgIpc) is 3.01. The maximum atomic E-state index is 12.3. The molecule has 0 aliphatic heterocycles. The summed E-state index contributed by atoms with van der Waals surface area (Å²) in [6.45, 7) is 5.78. The van der Waals surface area contributed by atoms with E-state index in [1.807, 2.05) is 6.92 Å². The van der Waals surface area contributed by atoms with Crippen LogP contribution in [0.1, 0.15) is 41.5 Å². The van der Waals surface area contributed by atoms with Crippen LogP contribution in [0.25, 0.3) is 11.3 Å². The van der Waals surface area contributed by atoms with Crippen LogP contribution in [-0.2, 0) is 17.6 Å². The van der Waals surface area contributed by atoms with E-state index in [1.165, 1.54) is 16.9 Å². The molecule has 0 bridgehead atoms. The molecule has 0 fully saturated rings. The monoisotopic (exact) mass is 412 g/mol. The Morgan fingerprint density at radius 2 is 1.83 bits per heavy atom. The number of carbonyl (C=O) groups is 1. The molecule has 0 radical (unpaired) electrons. The SMILES string of the molecule is CCCc1ccc(-c2nc(NC(=O)CCc3c(C)[nH]c(=O)[nH]c3=O)sc2C)cc1. The maximum absolute atomic E-state index is 12.3. The van der Waals surface area contributed by atoms with Crippen LogP contribution in [0.3, 0.4) is 0 Å². The van der Waals surface area contributed by atoms with Gasteiger partial charge in [-0.3, -0.25) is 14.6 Å². The molecule has 0 aliphatic carbocycles. The van der Waals surface area contributed by atoms with E-state index < -0.39 is 11.2 Å². The first kappa shape index (κ1) is 20.7. The minimum Gasteiger partial charge on any atom is -0.311 e. The van der Waals surface area contributed by atoms with E-state index in [2.05, 4.69) is 51.5 Å². The second-order valence-corrected chi connectivity index (χ2v) is 8.13. The zero-order chi connectivity index (χ0) is 21.0. The summed E-state index contributed by atoms with van der Waals surface area (Å²) in [7, 11) is 0. The standard InChI is InChI=1S/C21H24N4O3S/c1-4-5-14-6-8-15(9-7-14)18-13(3)29-21(24-18)23-17(26)11-10-16-12(2)22-20(28)25-19(16)27/h6-9H,4-5,10-11H2,1-3H3,(H,23,24,26)(H2,22,25,27,28). The van der Waals surface area contributed by atoms with Crippen molar-refractivity contribution in [3.05, 3.63) is 66.8 Å². The number of nitrogens with one attached hydrogen (secondary N) is 3. The third kappa shape index (κ3) is 5.08. The zero-order valence-corrected chi connectivity index (χ0v) is 17.5. The van der Waals surface area contributed by atoms with Gasteiger partial charge in [0.25, 0.3) is 5.56 Å². The number of aromatic amines is 2. The Morgan fingerprint density at radius 1 is 1.10 bits per heavy atom. The number of anilines is 1. The number of hydrogen-bond donors (Lipinski definition) is 3. The summed E-state index contributed by atoms with van der Waals surface area (Å²) in [6, 6.07) is 8.34. The lowest BCUT2D eigenvalue weighted by Gasteiger charge is -2.04. The molecule has 0 spiro atoms. The van der Waals surface area contributed by atoms with E-state index >= 15 is 0 Å². The molecular formula is C21H24N4O3S. The van der Waals surface area contributed by atoms with E-state index in [1.54, 1.807) is 6.92 Å². The molecule has 0 atom stereocenters. The molecule has 0 saturated heterocycles. The first-order valence-electron chi connectivity index (χ1n) is 9.56. The van der Waals surface area contributed by atoms with Gasteiger partial charge in [0.2, 0.25) is 5.91 Å². The highest BCUT2D eigenvalue weighted by molar-refractivity contribution is 7.16. The molecule has 1 amide bonds. The van der Waals surface area contributed by atoms with Gasteiger partial charge in [-0.2, -0.15) is 0 Å². The summed E-state index contributed by atoms with van der Waals surface area (Å²) in [4.78, 5) is 45.8. The number of nitrogens with zero attached hydrogens (tertiary/aromatic N) is 1. The summed E-state index contributed by atoms with van der Waals surface area (Å²) in [5, 5.41) is 3.34. The van der Waals surface area contributed by atoms with E-state index in [0.29, 0.717) is 16.4 Å². The number of H-pyrrole nitrogens is 2. The lowest BCUT2D eigenvalue weighted by Crippen LogP contribution is -2.27. The first-order chi connectivity index (χ1) is 13.9. The fourth-order valence-electron chi connectivity index (χ4n) is 3.18. The van der Waals surface area contributed by atoms with Crippen molar-refractivity contribution in [1.29, 1.82) is 0 Å². The highest BCUT2D eigenvalue weighted by Gasteiger charge is 2.14. The van der Waals surface area contributed by atoms with Crippen molar-refractivity contribution in [3.8, 4) is 11.3 Å². The molecule has 8 heteroatoms. The number of rotatable bonds is 7. The third-order valence-corrected chi connectivity index (χ3v) is 5.55. The van der Waals surface area contributed by atoms with Crippen molar-refractivity contribution >= 4 is 22.4 Å². The summed E-state index contributed by atoms with van der Waals surface area (Å²) in [6.07, 6.45) is 2.51. The van der Waals surface area contributed by atoms with E-state index in [-0.39, 0.29) is 18.7 Å². The van der Waals surface area contributed by atoms with Gasteiger partial charge < -0.3 is 10.3 Å². The van der Waals surface area contributed by atoms with Gasteiger partial charge in [-0.25, -0.2) is 9.78 Å². The number of carbonyl (C=O) groups excluding carboxylic acids is 1. The fourth-order valence-corrected chi connectivity index (χ4v) is 4.03. The highest BCUT2D eigenvalue weighted by atomic mass is 32.1. The summed E-state index contributed by atoms with van der Waals surface area (Å²) in [5.41, 5.74) is 3.06. The molecule has 29 heavy (non-hydrogen) atoms. The van der Waals surface area contributed by atoms with Gasteiger partial charge in [0.1, 0.15) is 0 Å². The summed E-state index contributed by atoms with van der Waals surface area (Å²) in [5.74, 6) is -0.228. The molecule has 3 aromatic rings. The van der Waals surface area contributed by atoms with Crippen LogP contribution in [0.5, 0.6) is 0 Å². The molecular weight excluding hydrogens is 388 g/mol. The minimum atomic E-state index is -0.547. The van der Waals surface area contributed by atoms with Crippen molar-refractivity contribution in [2.75, 3.05) is 5.32 Å². The van der Waals surface area contributed by atoms with Crippen LogP contribution < -0.4 is 16.6 Å². The number of thiazole rings is 1. The number of benzene rings is 1. The van der Waals surface area contributed by atoms with Crippen LogP contribution in [0.4, 0.5) is 5.13 Å².